The molecule has 0 spiro atoms. The van der Waals surface area contributed by atoms with Gasteiger partial charge in [-0.15, -0.1) is 0 Å². The molecule has 0 amide bonds. The fourth-order valence-electron chi connectivity index (χ4n) is 0.830. The van der Waals surface area contributed by atoms with Gasteiger partial charge in [0.15, 0.2) is 0 Å². The largest absolute Gasteiger partial charge is 0.394 e. The van der Waals surface area contributed by atoms with Crippen molar-refractivity contribution < 1.29 is 10.2 Å². The van der Waals surface area contributed by atoms with Crippen LogP contribution in [-0.2, 0) is 0 Å². The Morgan fingerprint density at radius 1 is 1.31 bits per heavy atom. The van der Waals surface area contributed by atoms with Gasteiger partial charge in [-0.3, -0.25) is 0 Å². The Morgan fingerprint density at radius 2 is 1.85 bits per heavy atom. The van der Waals surface area contributed by atoms with Crippen molar-refractivity contribution in [1.82, 2.24) is 5.32 Å². The SMILES string of the molecule is CC(C)C(C)(C)CNC[C@H](O)CO. The first-order valence-electron chi connectivity index (χ1n) is 4.89. The molecule has 0 bridgehead atoms. The van der Waals surface area contributed by atoms with Crippen molar-refractivity contribution in [2.45, 2.75) is 33.8 Å². The summed E-state index contributed by atoms with van der Waals surface area (Å²) in [7, 11) is 0. The van der Waals surface area contributed by atoms with Gasteiger partial charge in [0.25, 0.3) is 0 Å². The molecule has 0 aliphatic heterocycles. The average Bonchev–Trinajstić information content (AvgIpc) is 2.03. The monoisotopic (exact) mass is 189 g/mol. The van der Waals surface area contributed by atoms with Crippen LogP contribution < -0.4 is 5.32 Å². The van der Waals surface area contributed by atoms with Gasteiger partial charge in [-0.2, -0.15) is 0 Å². The Balaban J connectivity index is 3.63. The first-order valence-corrected chi connectivity index (χ1v) is 4.89. The van der Waals surface area contributed by atoms with Crippen LogP contribution >= 0.6 is 0 Å². The highest BCUT2D eigenvalue weighted by molar-refractivity contribution is 4.75. The zero-order valence-corrected chi connectivity index (χ0v) is 9.17. The van der Waals surface area contributed by atoms with E-state index in [0.717, 1.165) is 6.54 Å². The molecule has 0 radical (unpaired) electrons. The van der Waals surface area contributed by atoms with Crippen molar-refractivity contribution >= 4 is 0 Å². The molecule has 0 aliphatic carbocycles. The standard InChI is InChI=1S/C10H23NO2/c1-8(2)10(3,4)7-11-5-9(13)6-12/h8-9,11-13H,5-7H2,1-4H3/t9-/m0/s1. The van der Waals surface area contributed by atoms with Crippen LogP contribution in [0.5, 0.6) is 0 Å². The van der Waals surface area contributed by atoms with Crippen molar-refractivity contribution in [1.29, 1.82) is 0 Å². The number of hydrogen-bond donors (Lipinski definition) is 3. The molecule has 0 aromatic carbocycles. The zero-order chi connectivity index (χ0) is 10.5. The quantitative estimate of drug-likeness (QED) is 0.574. The summed E-state index contributed by atoms with van der Waals surface area (Å²) in [5.41, 5.74) is 0.231. The number of rotatable bonds is 6. The number of hydrogen-bond acceptors (Lipinski definition) is 3. The maximum absolute atomic E-state index is 9.08. The van der Waals surface area contributed by atoms with Crippen LogP contribution in [0.3, 0.4) is 0 Å². The predicted octanol–water partition coefficient (Wildman–Crippen LogP) is 0.611. The highest BCUT2D eigenvalue weighted by Gasteiger charge is 2.21. The van der Waals surface area contributed by atoms with Crippen LogP contribution in [0.15, 0.2) is 0 Å². The minimum Gasteiger partial charge on any atom is -0.394 e. The Bertz CT molecular complexity index is 135. The van der Waals surface area contributed by atoms with Crippen LogP contribution in [-0.4, -0.2) is 36.0 Å². The van der Waals surface area contributed by atoms with Gasteiger partial charge in [0.2, 0.25) is 0 Å². The van der Waals surface area contributed by atoms with E-state index >= 15 is 0 Å². The van der Waals surface area contributed by atoms with Crippen LogP contribution in [0.25, 0.3) is 0 Å². The summed E-state index contributed by atoms with van der Waals surface area (Å²) in [5.74, 6) is 0.603. The number of aliphatic hydroxyl groups excluding tert-OH is 2. The second-order valence-corrected chi connectivity index (χ2v) is 4.61. The van der Waals surface area contributed by atoms with Crippen molar-refractivity contribution in [2.24, 2.45) is 11.3 Å². The fraction of sp³-hybridized carbons (Fsp3) is 1.00. The molecule has 0 saturated heterocycles. The molecule has 0 unspecified atom stereocenters. The smallest absolute Gasteiger partial charge is 0.0894 e. The van der Waals surface area contributed by atoms with Gasteiger partial charge >= 0.3 is 0 Å². The van der Waals surface area contributed by atoms with Crippen molar-refractivity contribution in [3.63, 3.8) is 0 Å². The van der Waals surface area contributed by atoms with E-state index < -0.39 is 6.10 Å². The Labute approximate surface area is 81.2 Å². The molecule has 0 fully saturated rings. The minimum absolute atomic E-state index is 0.172. The Hall–Kier alpha value is -0.120. The summed E-state index contributed by atoms with van der Waals surface area (Å²) >= 11 is 0. The van der Waals surface area contributed by atoms with Crippen molar-refractivity contribution in [3.8, 4) is 0 Å². The third kappa shape index (κ3) is 5.24. The van der Waals surface area contributed by atoms with Gasteiger partial charge in [-0.05, 0) is 11.3 Å². The van der Waals surface area contributed by atoms with Crippen LogP contribution in [0.1, 0.15) is 27.7 Å². The molecule has 0 saturated carbocycles. The van der Waals surface area contributed by atoms with Gasteiger partial charge in [0, 0.05) is 13.1 Å². The molecule has 3 nitrogen and oxygen atoms in total. The molecule has 0 heterocycles. The lowest BCUT2D eigenvalue weighted by atomic mass is 9.81. The average molecular weight is 189 g/mol. The number of nitrogens with one attached hydrogen (secondary N) is 1. The summed E-state index contributed by atoms with van der Waals surface area (Å²) in [5, 5.41) is 20.8. The fourth-order valence-corrected chi connectivity index (χ4v) is 0.830. The summed E-state index contributed by atoms with van der Waals surface area (Å²) in [4.78, 5) is 0. The highest BCUT2D eigenvalue weighted by Crippen LogP contribution is 2.24. The summed E-state index contributed by atoms with van der Waals surface area (Å²) in [6, 6.07) is 0. The molecule has 0 aromatic rings. The van der Waals surface area contributed by atoms with Crippen molar-refractivity contribution in [2.75, 3.05) is 19.7 Å². The maximum atomic E-state index is 9.08. The van der Waals surface area contributed by atoms with Gasteiger partial charge in [0.05, 0.1) is 12.7 Å². The van der Waals surface area contributed by atoms with E-state index in [4.69, 9.17) is 10.2 Å². The van der Waals surface area contributed by atoms with E-state index in [1.165, 1.54) is 0 Å². The lowest BCUT2D eigenvalue weighted by molar-refractivity contribution is 0.0901. The van der Waals surface area contributed by atoms with Gasteiger partial charge in [0.1, 0.15) is 0 Å². The molecule has 1 atom stereocenters. The second kappa shape index (κ2) is 5.58. The van der Waals surface area contributed by atoms with E-state index in [9.17, 15) is 0 Å². The molecule has 80 valence electrons. The van der Waals surface area contributed by atoms with Gasteiger partial charge in [-0.1, -0.05) is 27.7 Å². The molecular weight excluding hydrogens is 166 g/mol. The van der Waals surface area contributed by atoms with Crippen LogP contribution in [0, 0.1) is 11.3 Å². The molecule has 3 N–H and O–H groups in total. The second-order valence-electron chi connectivity index (χ2n) is 4.61. The van der Waals surface area contributed by atoms with Gasteiger partial charge < -0.3 is 15.5 Å². The molecule has 13 heavy (non-hydrogen) atoms. The maximum Gasteiger partial charge on any atom is 0.0894 e. The lowest BCUT2D eigenvalue weighted by Crippen LogP contribution is -2.38. The van der Waals surface area contributed by atoms with Crippen LogP contribution in [0.4, 0.5) is 0 Å². The third-order valence-electron chi connectivity index (χ3n) is 2.73. The lowest BCUT2D eigenvalue weighted by Gasteiger charge is -2.29. The summed E-state index contributed by atoms with van der Waals surface area (Å²) < 4.78 is 0. The van der Waals surface area contributed by atoms with E-state index in [0.29, 0.717) is 12.5 Å². The van der Waals surface area contributed by atoms with Crippen molar-refractivity contribution in [3.05, 3.63) is 0 Å². The molecule has 3 heteroatoms. The Morgan fingerprint density at radius 3 is 2.23 bits per heavy atom. The topological polar surface area (TPSA) is 52.5 Å². The number of aliphatic hydroxyl groups is 2. The first-order chi connectivity index (χ1) is 5.90. The zero-order valence-electron chi connectivity index (χ0n) is 9.17. The summed E-state index contributed by atoms with van der Waals surface area (Å²) in [6.45, 7) is 9.91. The Kier molecular flexibility index (Phi) is 5.53. The highest BCUT2D eigenvalue weighted by atomic mass is 16.3. The molecular formula is C10H23NO2. The molecule has 0 aliphatic rings. The normalized spacial score (nSPS) is 15.0. The summed E-state index contributed by atoms with van der Waals surface area (Å²) in [6.07, 6.45) is -0.636. The predicted molar refractivity (Wildman–Crippen MR) is 54.6 cm³/mol. The molecule has 0 rings (SSSR count). The minimum atomic E-state index is -0.636. The van der Waals surface area contributed by atoms with E-state index in [2.05, 4.69) is 33.0 Å². The molecule has 0 aromatic heterocycles. The van der Waals surface area contributed by atoms with E-state index in [1.807, 2.05) is 0 Å². The van der Waals surface area contributed by atoms with Gasteiger partial charge in [-0.25, -0.2) is 0 Å². The van der Waals surface area contributed by atoms with Crippen LogP contribution in [0.2, 0.25) is 0 Å². The van der Waals surface area contributed by atoms with E-state index in [-0.39, 0.29) is 12.0 Å². The first kappa shape index (κ1) is 12.9. The van der Waals surface area contributed by atoms with E-state index in [1.54, 1.807) is 0 Å². The third-order valence-corrected chi connectivity index (χ3v) is 2.73.